The maximum absolute atomic E-state index is 13.1. The van der Waals surface area contributed by atoms with Crippen molar-refractivity contribution in [1.29, 1.82) is 5.26 Å². The molecule has 5 heteroatoms. The average Bonchev–Trinajstić information content (AvgIpc) is 2.67. The highest BCUT2D eigenvalue weighted by Crippen LogP contribution is 2.47. The Balaban J connectivity index is 1.99. The SMILES string of the molecule is Cc1ccc([C@H]2C(C#N)=C(N)N(c3cccc(Br)c3)C3=C2C(=O)CCC3)c(C)c1. The Morgan fingerprint density at radius 2 is 1.97 bits per heavy atom. The molecule has 1 aliphatic heterocycles. The Bertz CT molecular complexity index is 1120. The Hall–Kier alpha value is -2.84. The third-order valence-electron chi connectivity index (χ3n) is 5.72. The van der Waals surface area contributed by atoms with Crippen LogP contribution in [0.5, 0.6) is 0 Å². The molecule has 0 aromatic heterocycles. The van der Waals surface area contributed by atoms with Crippen molar-refractivity contribution < 1.29 is 4.79 Å². The Morgan fingerprint density at radius 3 is 2.66 bits per heavy atom. The first-order chi connectivity index (χ1) is 13.9. The quantitative estimate of drug-likeness (QED) is 0.671. The zero-order valence-corrected chi connectivity index (χ0v) is 18.1. The van der Waals surface area contributed by atoms with Gasteiger partial charge in [0.2, 0.25) is 0 Å². The minimum Gasteiger partial charge on any atom is -0.384 e. The van der Waals surface area contributed by atoms with Crippen molar-refractivity contribution in [3.8, 4) is 6.07 Å². The summed E-state index contributed by atoms with van der Waals surface area (Å²) >= 11 is 3.51. The van der Waals surface area contributed by atoms with Crippen LogP contribution in [0, 0.1) is 25.2 Å². The number of nitriles is 1. The fourth-order valence-electron chi connectivity index (χ4n) is 4.46. The van der Waals surface area contributed by atoms with Gasteiger partial charge >= 0.3 is 0 Å². The standard InChI is InChI=1S/C24H22BrN3O/c1-14-9-10-18(15(2)11-14)22-19(13-26)24(27)28(17-6-3-5-16(25)12-17)20-7-4-8-21(29)23(20)22/h3,5-6,9-12,22H,4,7-8,27H2,1-2H3/t22-/m0/s1. The second-order valence-electron chi connectivity index (χ2n) is 7.66. The first-order valence-electron chi connectivity index (χ1n) is 9.71. The van der Waals surface area contributed by atoms with Crippen LogP contribution >= 0.6 is 15.9 Å². The van der Waals surface area contributed by atoms with E-state index >= 15 is 0 Å². The van der Waals surface area contributed by atoms with Crippen LogP contribution in [0.25, 0.3) is 0 Å². The number of halogens is 1. The molecule has 4 nitrogen and oxygen atoms in total. The van der Waals surface area contributed by atoms with Gasteiger partial charge in [0.15, 0.2) is 5.78 Å². The molecule has 0 unspecified atom stereocenters. The molecule has 1 heterocycles. The molecule has 2 aromatic carbocycles. The number of nitrogens with zero attached hydrogens (tertiary/aromatic N) is 2. The number of Topliss-reactive ketones (excluding diaryl/α,β-unsaturated/α-hetero) is 1. The molecular weight excluding hydrogens is 426 g/mol. The fraction of sp³-hybridized carbons (Fsp3) is 0.250. The minimum atomic E-state index is -0.410. The van der Waals surface area contributed by atoms with Crippen LogP contribution in [0.15, 0.2) is 69.6 Å². The summed E-state index contributed by atoms with van der Waals surface area (Å²) in [6, 6.07) is 16.3. The smallest absolute Gasteiger partial charge is 0.161 e. The molecule has 0 saturated carbocycles. The molecule has 2 N–H and O–H groups in total. The van der Waals surface area contributed by atoms with Gasteiger partial charge in [0.25, 0.3) is 0 Å². The van der Waals surface area contributed by atoms with E-state index < -0.39 is 5.92 Å². The Labute approximate surface area is 179 Å². The van der Waals surface area contributed by atoms with Crippen LogP contribution in [0.2, 0.25) is 0 Å². The van der Waals surface area contributed by atoms with Gasteiger partial charge in [-0.05, 0) is 56.0 Å². The number of ketones is 1. The van der Waals surface area contributed by atoms with E-state index in [2.05, 4.69) is 28.1 Å². The lowest BCUT2D eigenvalue weighted by Gasteiger charge is -2.40. The molecule has 29 heavy (non-hydrogen) atoms. The molecule has 2 aromatic rings. The summed E-state index contributed by atoms with van der Waals surface area (Å²) in [7, 11) is 0. The van der Waals surface area contributed by atoms with Crippen LogP contribution in [0.3, 0.4) is 0 Å². The predicted molar refractivity (Wildman–Crippen MR) is 118 cm³/mol. The topological polar surface area (TPSA) is 70.1 Å². The molecule has 0 amide bonds. The van der Waals surface area contributed by atoms with Crippen molar-refractivity contribution in [3.63, 3.8) is 0 Å². The molecule has 4 rings (SSSR count). The summed E-state index contributed by atoms with van der Waals surface area (Å²) in [5, 5.41) is 10.1. The second-order valence-corrected chi connectivity index (χ2v) is 8.57. The first-order valence-corrected chi connectivity index (χ1v) is 10.5. The summed E-state index contributed by atoms with van der Waals surface area (Å²) in [5.41, 5.74) is 12.7. The highest BCUT2D eigenvalue weighted by atomic mass is 79.9. The van der Waals surface area contributed by atoms with Crippen molar-refractivity contribution in [3.05, 3.63) is 86.3 Å². The van der Waals surface area contributed by atoms with Gasteiger partial charge < -0.3 is 5.73 Å². The molecule has 146 valence electrons. The van der Waals surface area contributed by atoms with Gasteiger partial charge in [0.1, 0.15) is 5.82 Å². The van der Waals surface area contributed by atoms with Gasteiger partial charge in [0.05, 0.1) is 17.6 Å². The zero-order chi connectivity index (χ0) is 20.7. The number of anilines is 1. The van der Waals surface area contributed by atoms with Crippen molar-refractivity contribution in [2.75, 3.05) is 4.90 Å². The number of hydrogen-bond donors (Lipinski definition) is 1. The Kier molecular flexibility index (Phi) is 5.06. The van der Waals surface area contributed by atoms with E-state index in [4.69, 9.17) is 5.73 Å². The van der Waals surface area contributed by atoms with E-state index in [1.165, 1.54) is 0 Å². The van der Waals surface area contributed by atoms with Crippen LogP contribution in [0.1, 0.15) is 41.9 Å². The van der Waals surface area contributed by atoms with Gasteiger partial charge in [-0.3, -0.25) is 9.69 Å². The third-order valence-corrected chi connectivity index (χ3v) is 6.21. The number of carbonyl (C=O) groups is 1. The molecule has 0 radical (unpaired) electrons. The largest absolute Gasteiger partial charge is 0.384 e. The maximum Gasteiger partial charge on any atom is 0.161 e. The minimum absolute atomic E-state index is 0.108. The number of nitrogens with two attached hydrogens (primary N) is 1. The molecule has 0 spiro atoms. The summed E-state index contributed by atoms with van der Waals surface area (Å²) in [6.07, 6.45) is 2.05. The third kappa shape index (κ3) is 3.28. The molecule has 1 aliphatic carbocycles. The summed E-state index contributed by atoms with van der Waals surface area (Å²) in [5.74, 6) is 0.104. The van der Waals surface area contributed by atoms with Crippen molar-refractivity contribution in [2.45, 2.75) is 39.0 Å². The number of benzene rings is 2. The zero-order valence-electron chi connectivity index (χ0n) is 16.5. The Morgan fingerprint density at radius 1 is 1.17 bits per heavy atom. The molecule has 0 bridgehead atoms. The summed E-state index contributed by atoms with van der Waals surface area (Å²) in [6.45, 7) is 4.07. The van der Waals surface area contributed by atoms with Crippen LogP contribution < -0.4 is 10.6 Å². The van der Waals surface area contributed by atoms with Gasteiger partial charge in [-0.2, -0.15) is 5.26 Å². The number of carbonyl (C=O) groups excluding carboxylic acids is 1. The van der Waals surface area contributed by atoms with E-state index in [0.717, 1.165) is 45.4 Å². The molecule has 2 aliphatic rings. The monoisotopic (exact) mass is 447 g/mol. The van der Waals surface area contributed by atoms with Gasteiger partial charge in [0, 0.05) is 27.9 Å². The summed E-state index contributed by atoms with van der Waals surface area (Å²) < 4.78 is 0.919. The molecule has 0 saturated heterocycles. The predicted octanol–water partition coefficient (Wildman–Crippen LogP) is 5.37. The number of hydrogen-bond acceptors (Lipinski definition) is 4. The molecular formula is C24H22BrN3O. The van der Waals surface area contributed by atoms with Gasteiger partial charge in [-0.1, -0.05) is 45.8 Å². The van der Waals surface area contributed by atoms with E-state index in [0.29, 0.717) is 23.4 Å². The highest BCUT2D eigenvalue weighted by Gasteiger charge is 2.40. The van der Waals surface area contributed by atoms with E-state index in [9.17, 15) is 10.1 Å². The van der Waals surface area contributed by atoms with Crippen molar-refractivity contribution in [2.24, 2.45) is 5.73 Å². The van der Waals surface area contributed by atoms with Crippen LogP contribution in [-0.4, -0.2) is 5.78 Å². The van der Waals surface area contributed by atoms with Crippen molar-refractivity contribution >= 4 is 27.4 Å². The van der Waals surface area contributed by atoms with Crippen LogP contribution in [0.4, 0.5) is 5.69 Å². The first kappa shape index (κ1) is 19.5. The van der Waals surface area contributed by atoms with E-state index in [1.54, 1.807) is 0 Å². The van der Waals surface area contributed by atoms with E-state index in [1.807, 2.05) is 55.1 Å². The van der Waals surface area contributed by atoms with Crippen molar-refractivity contribution in [1.82, 2.24) is 0 Å². The maximum atomic E-state index is 13.1. The number of allylic oxidation sites excluding steroid dienone is 3. The molecule has 0 fully saturated rings. The van der Waals surface area contributed by atoms with Crippen LogP contribution in [-0.2, 0) is 4.79 Å². The lowest BCUT2D eigenvalue weighted by molar-refractivity contribution is -0.116. The van der Waals surface area contributed by atoms with E-state index in [-0.39, 0.29) is 5.78 Å². The average molecular weight is 448 g/mol. The lowest BCUT2D eigenvalue weighted by atomic mass is 9.74. The highest BCUT2D eigenvalue weighted by molar-refractivity contribution is 9.10. The van der Waals surface area contributed by atoms with Gasteiger partial charge in [-0.15, -0.1) is 0 Å². The second kappa shape index (κ2) is 7.53. The summed E-state index contributed by atoms with van der Waals surface area (Å²) in [4.78, 5) is 15.0. The number of rotatable bonds is 2. The fourth-order valence-corrected chi connectivity index (χ4v) is 4.84. The van der Waals surface area contributed by atoms with Gasteiger partial charge in [-0.25, -0.2) is 0 Å². The normalized spacial score (nSPS) is 19.3. The lowest BCUT2D eigenvalue weighted by Crippen LogP contribution is -2.38. The molecule has 1 atom stereocenters. The number of aryl methyl sites for hydroxylation is 2.